The molecule has 8 nitrogen and oxygen atoms in total. The molecule has 2 aliphatic rings. The summed E-state index contributed by atoms with van der Waals surface area (Å²) in [7, 11) is 3.20. The standard InChI is InChI=1S/C31H36N2O6/c1-21-5-4-10-33(17-21)18-25-13-23(24-7-9-29-30(14-24)39-20-38-29)6-8-28(25)37-19-31(34)32-16-22-11-26(35-2)15-27(12-22)36-3/h6-9,11-15,21H,4-5,10,16-20H2,1-3H3,(H,32,34)/t21-/m1/s1. The van der Waals surface area contributed by atoms with Gasteiger partial charge in [0.25, 0.3) is 5.91 Å². The van der Waals surface area contributed by atoms with Gasteiger partial charge in [-0.15, -0.1) is 0 Å². The molecule has 0 aromatic heterocycles. The van der Waals surface area contributed by atoms with Crippen LogP contribution in [0.15, 0.2) is 54.6 Å². The highest BCUT2D eigenvalue weighted by atomic mass is 16.7. The third-order valence-corrected chi connectivity index (χ3v) is 7.16. The molecule has 0 spiro atoms. The number of methoxy groups -OCH3 is 2. The van der Waals surface area contributed by atoms with Gasteiger partial charge in [-0.3, -0.25) is 9.69 Å². The van der Waals surface area contributed by atoms with Crippen LogP contribution in [0.25, 0.3) is 11.1 Å². The maximum absolute atomic E-state index is 12.7. The van der Waals surface area contributed by atoms with Crippen molar-refractivity contribution in [3.05, 3.63) is 65.7 Å². The summed E-state index contributed by atoms with van der Waals surface area (Å²) in [6.45, 7) is 5.70. The van der Waals surface area contributed by atoms with E-state index in [2.05, 4.69) is 23.2 Å². The summed E-state index contributed by atoms with van der Waals surface area (Å²) in [6, 6.07) is 17.7. The first-order valence-corrected chi connectivity index (χ1v) is 13.4. The van der Waals surface area contributed by atoms with E-state index in [1.54, 1.807) is 20.3 Å². The molecule has 1 N–H and O–H groups in total. The molecule has 5 rings (SSSR count). The molecule has 39 heavy (non-hydrogen) atoms. The lowest BCUT2D eigenvalue weighted by molar-refractivity contribution is -0.123. The van der Waals surface area contributed by atoms with Gasteiger partial charge in [-0.05, 0) is 78.4 Å². The Bertz CT molecular complexity index is 1290. The third kappa shape index (κ3) is 6.75. The highest BCUT2D eigenvalue weighted by Crippen LogP contribution is 2.37. The van der Waals surface area contributed by atoms with Crippen molar-refractivity contribution < 1.29 is 28.5 Å². The molecular weight excluding hydrogens is 496 g/mol. The van der Waals surface area contributed by atoms with Gasteiger partial charge in [-0.1, -0.05) is 19.1 Å². The van der Waals surface area contributed by atoms with Crippen LogP contribution in [0.5, 0.6) is 28.7 Å². The van der Waals surface area contributed by atoms with Crippen molar-refractivity contribution >= 4 is 5.91 Å². The van der Waals surface area contributed by atoms with Gasteiger partial charge in [0.05, 0.1) is 14.2 Å². The molecule has 8 heteroatoms. The van der Waals surface area contributed by atoms with E-state index < -0.39 is 0 Å². The topological polar surface area (TPSA) is 78.5 Å². The maximum Gasteiger partial charge on any atom is 0.258 e. The van der Waals surface area contributed by atoms with E-state index in [1.165, 1.54) is 12.8 Å². The molecule has 2 heterocycles. The van der Waals surface area contributed by atoms with Crippen LogP contribution in [-0.2, 0) is 17.9 Å². The van der Waals surface area contributed by atoms with Crippen LogP contribution in [0.4, 0.5) is 0 Å². The monoisotopic (exact) mass is 532 g/mol. The molecule has 1 fully saturated rings. The number of carbonyl (C=O) groups is 1. The molecule has 3 aromatic carbocycles. The van der Waals surface area contributed by atoms with Gasteiger partial charge in [-0.25, -0.2) is 0 Å². The average molecular weight is 533 g/mol. The second kappa shape index (κ2) is 12.3. The smallest absolute Gasteiger partial charge is 0.258 e. The normalized spacial score (nSPS) is 16.5. The number of benzene rings is 3. The van der Waals surface area contributed by atoms with Gasteiger partial charge < -0.3 is 29.0 Å². The van der Waals surface area contributed by atoms with Gasteiger partial charge in [0.1, 0.15) is 17.2 Å². The Balaban J connectivity index is 1.28. The van der Waals surface area contributed by atoms with E-state index >= 15 is 0 Å². The molecule has 0 bridgehead atoms. The Morgan fingerprint density at radius 2 is 1.72 bits per heavy atom. The molecule has 0 unspecified atom stereocenters. The van der Waals surface area contributed by atoms with E-state index in [0.29, 0.717) is 24.0 Å². The lowest BCUT2D eigenvalue weighted by atomic mass is 9.98. The minimum atomic E-state index is -0.200. The molecule has 2 aliphatic heterocycles. The van der Waals surface area contributed by atoms with Gasteiger partial charge in [-0.2, -0.15) is 0 Å². The van der Waals surface area contributed by atoms with Crippen molar-refractivity contribution in [2.75, 3.05) is 40.7 Å². The first-order valence-electron chi connectivity index (χ1n) is 13.4. The highest BCUT2D eigenvalue weighted by Gasteiger charge is 2.20. The highest BCUT2D eigenvalue weighted by molar-refractivity contribution is 5.77. The largest absolute Gasteiger partial charge is 0.497 e. The molecule has 3 aromatic rings. The summed E-state index contributed by atoms with van der Waals surface area (Å²) in [5, 5.41) is 2.93. The minimum Gasteiger partial charge on any atom is -0.497 e. The average Bonchev–Trinajstić information content (AvgIpc) is 3.43. The summed E-state index contributed by atoms with van der Waals surface area (Å²) >= 11 is 0. The van der Waals surface area contributed by atoms with Gasteiger partial charge in [0, 0.05) is 31.3 Å². The number of fused-ring (bicyclic) bond motifs is 1. The van der Waals surface area contributed by atoms with Crippen molar-refractivity contribution in [2.24, 2.45) is 5.92 Å². The number of likely N-dealkylation sites (tertiary alicyclic amines) is 1. The Morgan fingerprint density at radius 1 is 0.974 bits per heavy atom. The van der Waals surface area contributed by atoms with E-state index in [1.807, 2.05) is 42.5 Å². The van der Waals surface area contributed by atoms with Crippen LogP contribution in [0.3, 0.4) is 0 Å². The molecule has 0 saturated carbocycles. The number of piperidine rings is 1. The molecule has 0 aliphatic carbocycles. The number of amides is 1. The van der Waals surface area contributed by atoms with Crippen LogP contribution in [0, 0.1) is 5.92 Å². The fourth-order valence-electron chi connectivity index (χ4n) is 5.13. The fourth-order valence-corrected chi connectivity index (χ4v) is 5.13. The number of ether oxygens (including phenoxy) is 5. The lowest BCUT2D eigenvalue weighted by Crippen LogP contribution is -2.34. The van der Waals surface area contributed by atoms with Crippen LogP contribution < -0.4 is 29.0 Å². The summed E-state index contributed by atoms with van der Waals surface area (Å²) < 4.78 is 27.8. The zero-order chi connectivity index (χ0) is 27.2. The number of rotatable bonds is 10. The van der Waals surface area contributed by atoms with Gasteiger partial charge in [0.2, 0.25) is 6.79 Å². The van der Waals surface area contributed by atoms with Gasteiger partial charge in [0.15, 0.2) is 18.1 Å². The predicted octanol–water partition coefficient (Wildman–Crippen LogP) is 5.03. The Labute approximate surface area is 229 Å². The molecule has 1 atom stereocenters. The SMILES string of the molecule is COc1cc(CNC(=O)COc2ccc(-c3ccc4c(c3)OCO4)cc2CN2CCC[C@@H](C)C2)cc(OC)c1. The second-order valence-electron chi connectivity index (χ2n) is 10.2. The Kier molecular flexibility index (Phi) is 8.42. The number of carbonyl (C=O) groups excluding carboxylic acids is 1. The summed E-state index contributed by atoms with van der Waals surface area (Å²) in [4.78, 5) is 15.2. The van der Waals surface area contributed by atoms with E-state index in [0.717, 1.165) is 59.1 Å². The van der Waals surface area contributed by atoms with Crippen LogP contribution in [-0.4, -0.2) is 51.5 Å². The Hall–Kier alpha value is -3.91. The van der Waals surface area contributed by atoms with Crippen molar-refractivity contribution in [1.29, 1.82) is 0 Å². The number of hydrogen-bond donors (Lipinski definition) is 1. The summed E-state index contributed by atoms with van der Waals surface area (Å²) in [6.07, 6.45) is 2.45. The van der Waals surface area contributed by atoms with E-state index in [-0.39, 0.29) is 19.3 Å². The number of hydrogen-bond acceptors (Lipinski definition) is 7. The van der Waals surface area contributed by atoms with Crippen LogP contribution in [0.1, 0.15) is 30.9 Å². The Morgan fingerprint density at radius 3 is 2.49 bits per heavy atom. The van der Waals surface area contributed by atoms with Crippen molar-refractivity contribution in [1.82, 2.24) is 10.2 Å². The minimum absolute atomic E-state index is 0.0755. The molecule has 0 radical (unpaired) electrons. The first-order chi connectivity index (χ1) is 19.0. The van der Waals surface area contributed by atoms with Gasteiger partial charge >= 0.3 is 0 Å². The van der Waals surface area contributed by atoms with Crippen LogP contribution in [0.2, 0.25) is 0 Å². The summed E-state index contributed by atoms with van der Waals surface area (Å²) in [5.41, 5.74) is 4.06. The summed E-state index contributed by atoms with van der Waals surface area (Å²) in [5.74, 6) is 4.05. The second-order valence-corrected chi connectivity index (χ2v) is 10.2. The van der Waals surface area contributed by atoms with Crippen molar-refractivity contribution in [3.63, 3.8) is 0 Å². The van der Waals surface area contributed by atoms with E-state index in [9.17, 15) is 4.79 Å². The molecule has 206 valence electrons. The first kappa shape index (κ1) is 26.7. The zero-order valence-electron chi connectivity index (χ0n) is 22.8. The molecule has 1 saturated heterocycles. The zero-order valence-corrected chi connectivity index (χ0v) is 22.8. The number of nitrogens with zero attached hydrogens (tertiary/aromatic N) is 1. The number of nitrogens with one attached hydrogen (secondary N) is 1. The van der Waals surface area contributed by atoms with Crippen LogP contribution >= 0.6 is 0 Å². The maximum atomic E-state index is 12.7. The third-order valence-electron chi connectivity index (χ3n) is 7.16. The molecular formula is C31H36N2O6. The quantitative estimate of drug-likeness (QED) is 0.393. The van der Waals surface area contributed by atoms with E-state index in [4.69, 9.17) is 23.7 Å². The predicted molar refractivity (Wildman–Crippen MR) is 149 cm³/mol. The van der Waals surface area contributed by atoms with Crippen molar-refractivity contribution in [3.8, 4) is 39.9 Å². The van der Waals surface area contributed by atoms with Crippen molar-refractivity contribution in [2.45, 2.75) is 32.9 Å². The fraction of sp³-hybridized carbons (Fsp3) is 0.387. The molecule has 1 amide bonds. The lowest BCUT2D eigenvalue weighted by Gasteiger charge is -2.31.